The number of hydrogen-bond acceptors (Lipinski definition) is 2. The van der Waals surface area contributed by atoms with E-state index in [2.05, 4.69) is 22.4 Å². The topological polar surface area (TPSA) is 70.7 Å². The number of carbonyl (C=O) groups is 1. The fourth-order valence-corrected chi connectivity index (χ4v) is 3.07. The van der Waals surface area contributed by atoms with Crippen LogP contribution in [0.15, 0.2) is 47.5 Å². The first-order chi connectivity index (χ1) is 11.5. The molecule has 0 unspecified atom stereocenters. The summed E-state index contributed by atoms with van der Waals surface area (Å²) in [6, 6.07) is 14.1. The Morgan fingerprint density at radius 3 is 2.60 bits per heavy atom. The lowest BCUT2D eigenvalue weighted by Crippen LogP contribution is -2.32. The third-order valence-corrected chi connectivity index (χ3v) is 4.07. The first-order valence-corrected chi connectivity index (χ1v) is 8.06. The predicted octanol–water partition coefficient (Wildman–Crippen LogP) is 3.24. The molecule has 132 valence electrons. The fraction of sp³-hybridized carbons (Fsp3) is 0.263. The molecule has 6 heteroatoms. The lowest BCUT2D eigenvalue weighted by atomic mass is 10.1. The van der Waals surface area contributed by atoms with Crippen molar-refractivity contribution >= 4 is 47.2 Å². The maximum atomic E-state index is 12.4. The largest absolute Gasteiger partial charge is 0.370 e. The highest BCUT2D eigenvalue weighted by atomic mass is 127. The molecule has 2 aromatic carbocycles. The number of aryl methyl sites for hydroxylation is 2. The van der Waals surface area contributed by atoms with Crippen molar-refractivity contribution in [3.63, 3.8) is 0 Å². The number of carbonyl (C=O) groups excluding carboxylic acids is 1. The van der Waals surface area contributed by atoms with Crippen LogP contribution in [0.25, 0.3) is 0 Å². The summed E-state index contributed by atoms with van der Waals surface area (Å²) in [7, 11) is 0. The Bertz CT molecular complexity index is 784. The maximum absolute atomic E-state index is 12.4. The third kappa shape index (κ3) is 4.72. The predicted molar refractivity (Wildman–Crippen MR) is 114 cm³/mol. The SMILES string of the molecule is Cc1cc(C)cc(NC(N)=NCC(=O)N2CCc3ccccc32)c1.I. The monoisotopic (exact) mass is 450 g/mol. The number of nitrogens with zero attached hydrogens (tertiary/aromatic N) is 2. The van der Waals surface area contributed by atoms with Crippen molar-refractivity contribution in [2.45, 2.75) is 20.3 Å². The molecule has 1 aliphatic heterocycles. The van der Waals surface area contributed by atoms with E-state index in [1.54, 1.807) is 4.90 Å². The van der Waals surface area contributed by atoms with Crippen LogP contribution in [0.3, 0.4) is 0 Å². The van der Waals surface area contributed by atoms with Crippen LogP contribution in [0.1, 0.15) is 16.7 Å². The van der Waals surface area contributed by atoms with Crippen molar-refractivity contribution in [2.75, 3.05) is 23.3 Å². The molecule has 1 heterocycles. The second kappa shape index (κ2) is 8.33. The van der Waals surface area contributed by atoms with Crippen LogP contribution in [-0.4, -0.2) is 25.0 Å². The van der Waals surface area contributed by atoms with E-state index in [0.717, 1.165) is 28.9 Å². The molecule has 2 aromatic rings. The van der Waals surface area contributed by atoms with Gasteiger partial charge in [0.15, 0.2) is 5.96 Å². The standard InChI is InChI=1S/C19H22N4O.HI/c1-13-9-14(2)11-16(10-13)22-19(20)21-12-18(24)23-8-7-15-5-3-4-6-17(15)23;/h3-6,9-11H,7-8,12H2,1-2H3,(H3,20,21,22);1H. The summed E-state index contributed by atoms with van der Waals surface area (Å²) in [5.74, 6) is 0.214. The molecule has 3 N–H and O–H groups in total. The summed E-state index contributed by atoms with van der Waals surface area (Å²) in [4.78, 5) is 18.4. The van der Waals surface area contributed by atoms with Crippen molar-refractivity contribution in [2.24, 2.45) is 10.7 Å². The van der Waals surface area contributed by atoms with E-state index in [4.69, 9.17) is 5.73 Å². The number of nitrogens with two attached hydrogens (primary N) is 1. The number of anilines is 2. The second-order valence-corrected chi connectivity index (χ2v) is 6.13. The summed E-state index contributed by atoms with van der Waals surface area (Å²) < 4.78 is 0. The van der Waals surface area contributed by atoms with E-state index >= 15 is 0 Å². The van der Waals surface area contributed by atoms with Gasteiger partial charge < -0.3 is 16.0 Å². The van der Waals surface area contributed by atoms with Gasteiger partial charge in [0, 0.05) is 17.9 Å². The molecule has 0 saturated heterocycles. The van der Waals surface area contributed by atoms with Crippen LogP contribution < -0.4 is 16.0 Å². The number of aliphatic imine (C=N–C) groups is 1. The summed E-state index contributed by atoms with van der Waals surface area (Å²) in [6.07, 6.45) is 0.891. The van der Waals surface area contributed by atoms with Gasteiger partial charge in [-0.3, -0.25) is 4.79 Å². The van der Waals surface area contributed by atoms with Crippen molar-refractivity contribution in [3.8, 4) is 0 Å². The average Bonchev–Trinajstić information content (AvgIpc) is 2.95. The van der Waals surface area contributed by atoms with Crippen LogP contribution >= 0.6 is 24.0 Å². The van der Waals surface area contributed by atoms with Crippen LogP contribution in [0.5, 0.6) is 0 Å². The number of rotatable bonds is 3. The molecule has 0 radical (unpaired) electrons. The molecule has 5 nitrogen and oxygen atoms in total. The Morgan fingerprint density at radius 2 is 1.88 bits per heavy atom. The first-order valence-electron chi connectivity index (χ1n) is 8.06. The van der Waals surface area contributed by atoms with Crippen molar-refractivity contribution < 1.29 is 4.79 Å². The minimum absolute atomic E-state index is 0. The maximum Gasteiger partial charge on any atom is 0.248 e. The molecular weight excluding hydrogens is 427 g/mol. The van der Waals surface area contributed by atoms with E-state index in [-0.39, 0.29) is 42.4 Å². The minimum Gasteiger partial charge on any atom is -0.370 e. The lowest BCUT2D eigenvalue weighted by Gasteiger charge is -2.16. The Balaban J connectivity index is 0.00000225. The molecule has 1 aliphatic rings. The number of amides is 1. The highest BCUT2D eigenvalue weighted by molar-refractivity contribution is 14.0. The quantitative estimate of drug-likeness (QED) is 0.429. The molecule has 0 aliphatic carbocycles. The van der Waals surface area contributed by atoms with E-state index in [1.807, 2.05) is 44.2 Å². The summed E-state index contributed by atoms with van der Waals surface area (Å²) in [5.41, 5.74) is 11.3. The van der Waals surface area contributed by atoms with Crippen molar-refractivity contribution in [1.82, 2.24) is 0 Å². The lowest BCUT2D eigenvalue weighted by molar-refractivity contribution is -0.117. The number of guanidine groups is 1. The van der Waals surface area contributed by atoms with E-state index in [1.165, 1.54) is 5.56 Å². The van der Waals surface area contributed by atoms with Crippen LogP contribution in [0, 0.1) is 13.8 Å². The first kappa shape index (κ1) is 19.2. The van der Waals surface area contributed by atoms with Crippen molar-refractivity contribution in [3.05, 3.63) is 59.2 Å². The van der Waals surface area contributed by atoms with Gasteiger partial charge in [-0.2, -0.15) is 0 Å². The molecule has 0 bridgehead atoms. The zero-order valence-electron chi connectivity index (χ0n) is 14.5. The van der Waals surface area contributed by atoms with E-state index in [0.29, 0.717) is 6.54 Å². The van der Waals surface area contributed by atoms with Crippen LogP contribution in [0.4, 0.5) is 11.4 Å². The fourth-order valence-electron chi connectivity index (χ4n) is 3.07. The molecule has 0 fully saturated rings. The smallest absolute Gasteiger partial charge is 0.248 e. The number of fused-ring (bicyclic) bond motifs is 1. The van der Waals surface area contributed by atoms with Crippen LogP contribution in [-0.2, 0) is 11.2 Å². The highest BCUT2D eigenvalue weighted by Crippen LogP contribution is 2.27. The van der Waals surface area contributed by atoms with Gasteiger partial charge in [0.05, 0.1) is 0 Å². The minimum atomic E-state index is -0.0369. The highest BCUT2D eigenvalue weighted by Gasteiger charge is 2.23. The molecule has 0 atom stereocenters. The summed E-state index contributed by atoms with van der Waals surface area (Å²) >= 11 is 0. The molecule has 0 aromatic heterocycles. The average molecular weight is 450 g/mol. The zero-order valence-corrected chi connectivity index (χ0v) is 16.8. The summed E-state index contributed by atoms with van der Waals surface area (Å²) in [5, 5.41) is 3.05. The Morgan fingerprint density at radius 1 is 1.20 bits per heavy atom. The number of benzene rings is 2. The Kier molecular flexibility index (Phi) is 6.41. The Labute approximate surface area is 165 Å². The zero-order chi connectivity index (χ0) is 17.1. The third-order valence-electron chi connectivity index (χ3n) is 4.07. The number of halogens is 1. The molecule has 0 spiro atoms. The van der Waals surface area contributed by atoms with E-state index in [9.17, 15) is 4.79 Å². The molecule has 0 saturated carbocycles. The van der Waals surface area contributed by atoms with Gasteiger partial charge in [0.1, 0.15) is 6.54 Å². The molecule has 1 amide bonds. The van der Waals surface area contributed by atoms with Gasteiger partial charge in [0.25, 0.3) is 0 Å². The number of nitrogens with one attached hydrogen (secondary N) is 1. The molecule has 25 heavy (non-hydrogen) atoms. The van der Waals surface area contributed by atoms with Gasteiger partial charge >= 0.3 is 0 Å². The second-order valence-electron chi connectivity index (χ2n) is 6.13. The van der Waals surface area contributed by atoms with Crippen LogP contribution in [0.2, 0.25) is 0 Å². The summed E-state index contributed by atoms with van der Waals surface area (Å²) in [6.45, 7) is 4.80. The van der Waals surface area contributed by atoms with Gasteiger partial charge in [-0.05, 0) is 55.2 Å². The van der Waals surface area contributed by atoms with Gasteiger partial charge in [0.2, 0.25) is 5.91 Å². The molecule has 3 rings (SSSR count). The van der Waals surface area contributed by atoms with Gasteiger partial charge in [-0.25, -0.2) is 4.99 Å². The van der Waals surface area contributed by atoms with Gasteiger partial charge in [-0.15, -0.1) is 24.0 Å². The molecular formula is C19H23IN4O. The van der Waals surface area contributed by atoms with E-state index < -0.39 is 0 Å². The number of hydrogen-bond donors (Lipinski definition) is 2. The number of para-hydroxylation sites is 1. The van der Waals surface area contributed by atoms with Crippen molar-refractivity contribution in [1.29, 1.82) is 0 Å². The van der Waals surface area contributed by atoms with Gasteiger partial charge in [-0.1, -0.05) is 24.3 Å². The normalized spacial score (nSPS) is 13.2. The Hall–Kier alpha value is -2.09.